The van der Waals surface area contributed by atoms with Crippen LogP contribution in [0.25, 0.3) is 0 Å². The van der Waals surface area contributed by atoms with E-state index in [1.807, 2.05) is 11.8 Å². The molecule has 1 aliphatic carbocycles. The van der Waals surface area contributed by atoms with Crippen LogP contribution in [0.5, 0.6) is 0 Å². The van der Waals surface area contributed by atoms with E-state index in [1.165, 1.54) is 36.5 Å². The maximum absolute atomic E-state index is 6.10. The topological polar surface area (TPSA) is 39.1 Å². The monoisotopic (exact) mass is 293 g/mol. The van der Waals surface area contributed by atoms with Gasteiger partial charge in [-0.1, -0.05) is 0 Å². The standard InChI is InChI=1S/C15H23N3OS/c1-2-12(1)16-10-13-3-6-18(17-13)14-4-7-19-15(9-14)5-8-20-11-15/h3,6,12,14,16H,1-2,4-5,7-11H2. The highest BCUT2D eigenvalue weighted by molar-refractivity contribution is 7.99. The number of ether oxygens (including phenoxy) is 1. The number of nitrogens with one attached hydrogen (secondary N) is 1. The van der Waals surface area contributed by atoms with Gasteiger partial charge in [0.25, 0.3) is 0 Å². The predicted octanol–water partition coefficient (Wildman–Crippen LogP) is 2.36. The van der Waals surface area contributed by atoms with E-state index in [0.29, 0.717) is 6.04 Å². The van der Waals surface area contributed by atoms with Gasteiger partial charge >= 0.3 is 0 Å². The first-order valence-electron chi connectivity index (χ1n) is 7.82. The summed E-state index contributed by atoms with van der Waals surface area (Å²) in [5.41, 5.74) is 1.32. The van der Waals surface area contributed by atoms with Crippen LogP contribution in [-0.2, 0) is 11.3 Å². The molecular formula is C15H23N3OS. The first-order chi connectivity index (χ1) is 9.83. The van der Waals surface area contributed by atoms with Crippen LogP contribution >= 0.6 is 11.8 Å². The Labute approximate surface area is 124 Å². The summed E-state index contributed by atoms with van der Waals surface area (Å²) in [6.07, 6.45) is 8.28. The minimum absolute atomic E-state index is 0.145. The number of hydrogen-bond acceptors (Lipinski definition) is 4. The maximum atomic E-state index is 6.10. The van der Waals surface area contributed by atoms with Gasteiger partial charge in [0.2, 0.25) is 0 Å². The number of nitrogens with zero attached hydrogens (tertiary/aromatic N) is 2. The summed E-state index contributed by atoms with van der Waals surface area (Å²) < 4.78 is 8.29. The van der Waals surface area contributed by atoms with Crippen LogP contribution in [0.15, 0.2) is 12.3 Å². The van der Waals surface area contributed by atoms with Crippen LogP contribution in [0, 0.1) is 0 Å². The van der Waals surface area contributed by atoms with Crippen molar-refractivity contribution in [2.24, 2.45) is 0 Å². The summed E-state index contributed by atoms with van der Waals surface area (Å²) in [7, 11) is 0. The average Bonchev–Trinajstić information content (AvgIpc) is 3.00. The molecule has 2 unspecified atom stereocenters. The fourth-order valence-corrected chi connectivity index (χ4v) is 4.68. The van der Waals surface area contributed by atoms with Crippen LogP contribution in [0.4, 0.5) is 0 Å². The fraction of sp³-hybridized carbons (Fsp3) is 0.800. The second-order valence-corrected chi connectivity index (χ2v) is 7.53. The Bertz CT molecular complexity index is 465. The van der Waals surface area contributed by atoms with Gasteiger partial charge in [-0.2, -0.15) is 16.9 Å². The quantitative estimate of drug-likeness (QED) is 0.925. The fourth-order valence-electron chi connectivity index (χ4n) is 3.30. The highest BCUT2D eigenvalue weighted by atomic mass is 32.2. The average molecular weight is 293 g/mol. The van der Waals surface area contributed by atoms with E-state index in [1.54, 1.807) is 0 Å². The molecule has 1 aromatic rings. The summed E-state index contributed by atoms with van der Waals surface area (Å²) in [4.78, 5) is 0. The molecule has 0 radical (unpaired) electrons. The number of hydrogen-bond donors (Lipinski definition) is 1. The molecule has 4 rings (SSSR count). The Morgan fingerprint density at radius 3 is 3.20 bits per heavy atom. The first kappa shape index (κ1) is 13.2. The molecule has 1 spiro atoms. The van der Waals surface area contributed by atoms with Crippen molar-refractivity contribution in [1.29, 1.82) is 0 Å². The minimum Gasteiger partial charge on any atom is -0.374 e. The number of rotatable bonds is 4. The Balaban J connectivity index is 1.40. The molecule has 2 aliphatic heterocycles. The molecule has 2 saturated heterocycles. The molecule has 3 aliphatic rings. The molecule has 0 amide bonds. The van der Waals surface area contributed by atoms with E-state index in [4.69, 9.17) is 9.84 Å². The smallest absolute Gasteiger partial charge is 0.0800 e. The zero-order valence-electron chi connectivity index (χ0n) is 11.9. The van der Waals surface area contributed by atoms with E-state index >= 15 is 0 Å². The van der Waals surface area contributed by atoms with Crippen LogP contribution < -0.4 is 5.32 Å². The van der Waals surface area contributed by atoms with Gasteiger partial charge in [0.1, 0.15) is 0 Å². The molecule has 0 bridgehead atoms. The summed E-state index contributed by atoms with van der Waals surface area (Å²) in [5.74, 6) is 2.42. The van der Waals surface area contributed by atoms with E-state index in [9.17, 15) is 0 Å². The Morgan fingerprint density at radius 1 is 1.45 bits per heavy atom. The molecular weight excluding hydrogens is 270 g/mol. The van der Waals surface area contributed by atoms with Gasteiger partial charge in [-0.05, 0) is 43.9 Å². The van der Waals surface area contributed by atoms with Gasteiger partial charge in [0.05, 0.1) is 17.3 Å². The van der Waals surface area contributed by atoms with Crippen molar-refractivity contribution in [3.8, 4) is 0 Å². The van der Waals surface area contributed by atoms with Crippen LogP contribution in [0.1, 0.15) is 43.8 Å². The zero-order chi connectivity index (χ0) is 13.4. The second kappa shape index (κ2) is 5.35. The van der Waals surface area contributed by atoms with Gasteiger partial charge in [-0.25, -0.2) is 0 Å². The number of thioether (sulfide) groups is 1. The van der Waals surface area contributed by atoms with E-state index in [-0.39, 0.29) is 5.60 Å². The van der Waals surface area contributed by atoms with Crippen LogP contribution in [0.2, 0.25) is 0 Å². The van der Waals surface area contributed by atoms with Crippen molar-refractivity contribution in [2.45, 2.75) is 56.3 Å². The predicted molar refractivity (Wildman–Crippen MR) is 81.0 cm³/mol. The molecule has 3 heterocycles. The lowest BCUT2D eigenvalue weighted by atomic mass is 9.90. The summed E-state index contributed by atoms with van der Waals surface area (Å²) in [5, 5.41) is 8.31. The van der Waals surface area contributed by atoms with Gasteiger partial charge in [-0.3, -0.25) is 4.68 Å². The Morgan fingerprint density at radius 2 is 2.40 bits per heavy atom. The van der Waals surface area contributed by atoms with Crippen LogP contribution in [0.3, 0.4) is 0 Å². The molecule has 0 aromatic carbocycles. The zero-order valence-corrected chi connectivity index (χ0v) is 12.7. The molecule has 20 heavy (non-hydrogen) atoms. The molecule has 4 nitrogen and oxygen atoms in total. The first-order valence-corrected chi connectivity index (χ1v) is 8.98. The maximum Gasteiger partial charge on any atom is 0.0800 e. The van der Waals surface area contributed by atoms with Crippen molar-refractivity contribution in [1.82, 2.24) is 15.1 Å². The SMILES string of the molecule is c1cn(C2CCOC3(CCSC3)C2)nc1CNC1CC1. The van der Waals surface area contributed by atoms with Crippen molar-refractivity contribution < 1.29 is 4.74 Å². The largest absolute Gasteiger partial charge is 0.374 e. The third kappa shape index (κ3) is 2.76. The van der Waals surface area contributed by atoms with Gasteiger partial charge in [0, 0.05) is 31.1 Å². The Hall–Kier alpha value is -0.520. The van der Waals surface area contributed by atoms with Crippen molar-refractivity contribution in [2.75, 3.05) is 18.1 Å². The van der Waals surface area contributed by atoms with E-state index in [0.717, 1.165) is 32.0 Å². The molecule has 1 aromatic heterocycles. The molecule has 2 atom stereocenters. The second-order valence-electron chi connectivity index (χ2n) is 6.42. The van der Waals surface area contributed by atoms with Gasteiger partial charge in [0.15, 0.2) is 0 Å². The normalized spacial score (nSPS) is 33.9. The highest BCUT2D eigenvalue weighted by Gasteiger charge is 2.41. The minimum atomic E-state index is 0.145. The molecule has 5 heteroatoms. The van der Waals surface area contributed by atoms with Gasteiger partial charge in [-0.15, -0.1) is 0 Å². The lowest BCUT2D eigenvalue weighted by molar-refractivity contribution is -0.0778. The van der Waals surface area contributed by atoms with Crippen LogP contribution in [-0.4, -0.2) is 39.5 Å². The summed E-state index contributed by atoms with van der Waals surface area (Å²) >= 11 is 2.04. The summed E-state index contributed by atoms with van der Waals surface area (Å²) in [6.45, 7) is 1.81. The molecule has 3 fully saturated rings. The summed E-state index contributed by atoms with van der Waals surface area (Å²) in [6, 6.07) is 3.44. The van der Waals surface area contributed by atoms with Crippen molar-refractivity contribution >= 4 is 11.8 Å². The highest BCUT2D eigenvalue weighted by Crippen LogP contribution is 2.41. The van der Waals surface area contributed by atoms with Crippen molar-refractivity contribution in [3.05, 3.63) is 18.0 Å². The van der Waals surface area contributed by atoms with E-state index in [2.05, 4.69) is 22.3 Å². The molecule has 1 saturated carbocycles. The lowest BCUT2D eigenvalue weighted by Gasteiger charge is -2.37. The Kier molecular flexibility index (Phi) is 3.52. The third-order valence-corrected chi connectivity index (χ3v) is 5.94. The lowest BCUT2D eigenvalue weighted by Crippen LogP contribution is -2.40. The molecule has 1 N–H and O–H groups in total. The van der Waals surface area contributed by atoms with Gasteiger partial charge < -0.3 is 10.1 Å². The third-order valence-electron chi connectivity index (χ3n) is 4.72. The van der Waals surface area contributed by atoms with E-state index < -0.39 is 0 Å². The molecule has 110 valence electrons. The van der Waals surface area contributed by atoms with Crippen molar-refractivity contribution in [3.63, 3.8) is 0 Å². The number of aromatic nitrogens is 2.